The van der Waals surface area contributed by atoms with Crippen molar-refractivity contribution in [2.24, 2.45) is 0 Å². The molecule has 0 atom stereocenters. The van der Waals surface area contributed by atoms with Crippen LogP contribution in [-0.2, 0) is 0 Å². The Balaban J connectivity index is 1.51. The molecular weight excluding hydrogens is 400 g/mol. The van der Waals surface area contributed by atoms with Gasteiger partial charge in [0.2, 0.25) is 5.78 Å². The zero-order valence-corrected chi connectivity index (χ0v) is 17.7. The number of ether oxygens (including phenoxy) is 3. The van der Waals surface area contributed by atoms with Crippen LogP contribution in [0.4, 0.5) is 0 Å². The van der Waals surface area contributed by atoms with Crippen molar-refractivity contribution in [3.63, 3.8) is 0 Å². The monoisotopic (exact) mass is 420 g/mol. The first-order valence-corrected chi connectivity index (χ1v) is 10.3. The van der Waals surface area contributed by atoms with Gasteiger partial charge in [-0.25, -0.2) is 0 Å². The maximum atomic E-state index is 12.7. The lowest BCUT2D eigenvalue weighted by Crippen LogP contribution is -2.12. The molecule has 0 spiro atoms. The number of fused-ring (bicyclic) bond motifs is 1. The smallest absolute Gasteiger partial charge is 0.232 e. The fraction of sp³-hybridized carbons (Fsp3) is 0.167. The maximum Gasteiger partial charge on any atom is 0.232 e. The highest BCUT2D eigenvalue weighted by Gasteiger charge is 2.30. The number of hydrogen-bond acceptors (Lipinski definition) is 6. The minimum atomic E-state index is -0.151. The second kappa shape index (κ2) is 8.16. The van der Waals surface area contributed by atoms with Gasteiger partial charge in [0.05, 0.1) is 12.7 Å². The molecule has 1 aliphatic heterocycles. The van der Waals surface area contributed by atoms with Gasteiger partial charge in [0.15, 0.2) is 18.1 Å². The van der Waals surface area contributed by atoms with Gasteiger partial charge in [-0.05, 0) is 67.3 Å². The second-order valence-corrected chi connectivity index (χ2v) is 7.86. The van der Waals surface area contributed by atoms with Gasteiger partial charge in [-0.2, -0.15) is 0 Å². The molecule has 1 aromatic heterocycles. The summed E-state index contributed by atoms with van der Waals surface area (Å²) in [5.41, 5.74) is 2.83. The quantitative estimate of drug-likeness (QED) is 0.403. The van der Waals surface area contributed by atoms with Crippen LogP contribution < -0.4 is 14.2 Å². The molecule has 0 N–H and O–H groups in total. The summed E-state index contributed by atoms with van der Waals surface area (Å²) in [6, 6.07) is 12.3. The molecule has 2 aromatic carbocycles. The molecule has 0 radical (unpaired) electrons. The summed E-state index contributed by atoms with van der Waals surface area (Å²) in [5, 5.41) is 1.98. The van der Waals surface area contributed by atoms with Gasteiger partial charge in [-0.3, -0.25) is 9.59 Å². The van der Waals surface area contributed by atoms with Crippen LogP contribution in [0.3, 0.4) is 0 Å². The van der Waals surface area contributed by atoms with E-state index >= 15 is 0 Å². The Morgan fingerprint density at radius 1 is 1.10 bits per heavy atom. The van der Waals surface area contributed by atoms with E-state index in [9.17, 15) is 9.59 Å². The van der Waals surface area contributed by atoms with Gasteiger partial charge in [-0.15, -0.1) is 11.3 Å². The predicted octanol–water partition coefficient (Wildman–Crippen LogP) is 5.25. The molecular formula is C24H20O5S. The topological polar surface area (TPSA) is 61.8 Å². The maximum absolute atomic E-state index is 12.7. The third kappa shape index (κ3) is 3.74. The van der Waals surface area contributed by atoms with Crippen LogP contribution in [-0.4, -0.2) is 25.3 Å². The summed E-state index contributed by atoms with van der Waals surface area (Å²) in [7, 11) is 1.57. The summed E-state index contributed by atoms with van der Waals surface area (Å²) in [4.78, 5) is 26.1. The summed E-state index contributed by atoms with van der Waals surface area (Å²) in [6.45, 7) is 3.70. The molecule has 152 valence electrons. The van der Waals surface area contributed by atoms with Gasteiger partial charge in [-0.1, -0.05) is 0 Å². The second-order valence-electron chi connectivity index (χ2n) is 6.91. The van der Waals surface area contributed by atoms with E-state index in [2.05, 4.69) is 0 Å². The Morgan fingerprint density at radius 2 is 1.87 bits per heavy atom. The number of allylic oxidation sites excluding steroid dienone is 1. The number of ketones is 2. The van der Waals surface area contributed by atoms with Crippen LogP contribution in [0.25, 0.3) is 6.08 Å². The third-order valence-corrected chi connectivity index (χ3v) is 5.94. The van der Waals surface area contributed by atoms with E-state index in [1.807, 2.05) is 25.3 Å². The number of methoxy groups -OCH3 is 1. The number of carbonyl (C=O) groups excluding carboxylic acids is 2. The van der Waals surface area contributed by atoms with E-state index in [-0.39, 0.29) is 18.2 Å². The number of carbonyl (C=O) groups is 2. The molecule has 0 fully saturated rings. The Hall–Kier alpha value is -3.38. The summed E-state index contributed by atoms with van der Waals surface area (Å²) in [6.07, 6.45) is 1.77. The van der Waals surface area contributed by atoms with Crippen LogP contribution in [0, 0.1) is 13.8 Å². The molecule has 30 heavy (non-hydrogen) atoms. The lowest BCUT2D eigenvalue weighted by molar-refractivity contribution is 0.0920. The van der Waals surface area contributed by atoms with Gasteiger partial charge in [0, 0.05) is 22.1 Å². The van der Waals surface area contributed by atoms with E-state index in [1.54, 1.807) is 60.9 Å². The fourth-order valence-electron chi connectivity index (χ4n) is 3.18. The van der Waals surface area contributed by atoms with Crippen LogP contribution >= 0.6 is 11.3 Å². The SMILES string of the molecule is COc1ccc(C(=O)COc2ccc3c(c2C)O/C(=C\c2sccc2C)C3=O)cc1. The normalized spacial score (nSPS) is 13.8. The molecule has 2 heterocycles. The van der Waals surface area contributed by atoms with Crippen LogP contribution in [0.15, 0.2) is 53.6 Å². The first kappa shape index (κ1) is 19.9. The van der Waals surface area contributed by atoms with Gasteiger partial charge in [0.25, 0.3) is 0 Å². The lowest BCUT2D eigenvalue weighted by atomic mass is 10.1. The number of thiophene rings is 1. The van der Waals surface area contributed by atoms with Crippen LogP contribution in [0.5, 0.6) is 17.2 Å². The number of benzene rings is 2. The molecule has 0 amide bonds. The molecule has 4 rings (SSSR count). The number of rotatable bonds is 6. The van der Waals surface area contributed by atoms with Crippen LogP contribution in [0.2, 0.25) is 0 Å². The highest BCUT2D eigenvalue weighted by atomic mass is 32.1. The molecule has 1 aliphatic rings. The van der Waals surface area contributed by atoms with Gasteiger partial charge >= 0.3 is 0 Å². The predicted molar refractivity (Wildman–Crippen MR) is 116 cm³/mol. The van der Waals surface area contributed by atoms with E-state index in [0.717, 1.165) is 10.4 Å². The Bertz CT molecular complexity index is 1150. The lowest BCUT2D eigenvalue weighted by Gasteiger charge is -2.11. The first-order chi connectivity index (χ1) is 14.5. The van der Waals surface area contributed by atoms with Crippen molar-refractivity contribution in [1.29, 1.82) is 0 Å². The minimum absolute atomic E-state index is 0.114. The van der Waals surface area contributed by atoms with Crippen LogP contribution in [0.1, 0.15) is 36.7 Å². The van der Waals surface area contributed by atoms with E-state index in [0.29, 0.717) is 39.7 Å². The number of Topliss-reactive ketones (excluding diaryl/α,β-unsaturated/α-hetero) is 2. The van der Waals surface area contributed by atoms with Crippen molar-refractivity contribution < 1.29 is 23.8 Å². The van der Waals surface area contributed by atoms with Crippen molar-refractivity contribution >= 4 is 29.0 Å². The fourth-order valence-corrected chi connectivity index (χ4v) is 4.03. The number of aryl methyl sites for hydroxylation is 1. The summed E-state index contributed by atoms with van der Waals surface area (Å²) in [5.74, 6) is 1.67. The average molecular weight is 420 g/mol. The molecule has 0 saturated carbocycles. The molecule has 0 saturated heterocycles. The Labute approximate surface area is 178 Å². The number of hydrogen-bond donors (Lipinski definition) is 0. The van der Waals surface area contributed by atoms with Crippen molar-refractivity contribution in [3.8, 4) is 17.2 Å². The van der Waals surface area contributed by atoms with E-state index in [4.69, 9.17) is 14.2 Å². The molecule has 6 heteroatoms. The molecule has 3 aromatic rings. The van der Waals surface area contributed by atoms with Gasteiger partial charge in [0.1, 0.15) is 17.2 Å². The highest BCUT2D eigenvalue weighted by Crippen LogP contribution is 2.39. The molecule has 0 aliphatic carbocycles. The molecule has 0 bridgehead atoms. The van der Waals surface area contributed by atoms with Crippen molar-refractivity contribution in [1.82, 2.24) is 0 Å². The highest BCUT2D eigenvalue weighted by molar-refractivity contribution is 7.11. The third-order valence-electron chi connectivity index (χ3n) is 4.97. The molecule has 5 nitrogen and oxygen atoms in total. The van der Waals surface area contributed by atoms with Crippen molar-refractivity contribution in [3.05, 3.63) is 80.7 Å². The Morgan fingerprint density at radius 3 is 2.53 bits per heavy atom. The largest absolute Gasteiger partial charge is 0.497 e. The average Bonchev–Trinajstić information content (AvgIpc) is 3.31. The first-order valence-electron chi connectivity index (χ1n) is 9.40. The van der Waals surface area contributed by atoms with E-state index < -0.39 is 0 Å². The minimum Gasteiger partial charge on any atom is -0.497 e. The van der Waals surface area contributed by atoms with Crippen molar-refractivity contribution in [2.45, 2.75) is 13.8 Å². The van der Waals surface area contributed by atoms with E-state index in [1.165, 1.54) is 0 Å². The zero-order valence-electron chi connectivity index (χ0n) is 16.9. The zero-order chi connectivity index (χ0) is 21.3. The summed E-state index contributed by atoms with van der Waals surface area (Å²) < 4.78 is 16.7. The molecule has 0 unspecified atom stereocenters. The Kier molecular flexibility index (Phi) is 5.42. The van der Waals surface area contributed by atoms with Crippen molar-refractivity contribution in [2.75, 3.05) is 13.7 Å². The summed E-state index contributed by atoms with van der Waals surface area (Å²) >= 11 is 1.56. The van der Waals surface area contributed by atoms with Gasteiger partial charge < -0.3 is 14.2 Å². The standard InChI is InChI=1S/C24H20O5S/c1-14-10-11-30-22(14)12-21-23(26)18-8-9-20(15(2)24(18)29-21)28-13-19(25)16-4-6-17(27-3)7-5-16/h4-12H,13H2,1-3H3/b21-12-.